The van der Waals surface area contributed by atoms with Gasteiger partial charge in [-0.2, -0.15) is 5.10 Å². The summed E-state index contributed by atoms with van der Waals surface area (Å²) in [6.07, 6.45) is 0. The zero-order valence-electron chi connectivity index (χ0n) is 18.3. The smallest absolute Gasteiger partial charge is 0.270 e. The van der Waals surface area contributed by atoms with Crippen molar-refractivity contribution in [3.8, 4) is 0 Å². The Labute approximate surface area is 201 Å². The SMILES string of the molecule is C/C(=N/NC(=O)CN(c1cc(Cl)ccc1C)S(=O)(=O)c1ccccc1)c1cccc([N+](=O)[O-])c1. The first kappa shape index (κ1) is 24.9. The van der Waals surface area contributed by atoms with E-state index in [0.717, 1.165) is 4.31 Å². The number of carbonyl (C=O) groups is 1. The number of non-ortho nitro benzene ring substituents is 1. The first-order valence-corrected chi connectivity index (χ1v) is 11.8. The Bertz CT molecular complexity index is 1360. The summed E-state index contributed by atoms with van der Waals surface area (Å²) in [5.74, 6) is -0.705. The number of hydrogen-bond donors (Lipinski definition) is 1. The van der Waals surface area contributed by atoms with E-state index in [4.69, 9.17) is 11.6 Å². The number of hydrazone groups is 1. The molecule has 3 rings (SSSR count). The van der Waals surface area contributed by atoms with Gasteiger partial charge in [0.05, 0.1) is 21.2 Å². The molecule has 9 nitrogen and oxygen atoms in total. The molecule has 0 spiro atoms. The molecule has 1 N–H and O–H groups in total. The number of hydrogen-bond acceptors (Lipinski definition) is 6. The van der Waals surface area contributed by atoms with Crippen molar-refractivity contribution in [2.75, 3.05) is 10.8 Å². The van der Waals surface area contributed by atoms with Gasteiger partial charge in [-0.25, -0.2) is 13.8 Å². The van der Waals surface area contributed by atoms with Crippen LogP contribution in [-0.2, 0) is 14.8 Å². The lowest BCUT2D eigenvalue weighted by Crippen LogP contribution is -2.40. The van der Waals surface area contributed by atoms with Crippen LogP contribution >= 0.6 is 11.6 Å². The van der Waals surface area contributed by atoms with Gasteiger partial charge in [0.2, 0.25) is 0 Å². The number of benzene rings is 3. The van der Waals surface area contributed by atoms with Crippen molar-refractivity contribution in [3.63, 3.8) is 0 Å². The molecule has 0 saturated heterocycles. The van der Waals surface area contributed by atoms with Crippen molar-refractivity contribution in [3.05, 3.63) is 99.1 Å². The lowest BCUT2D eigenvalue weighted by molar-refractivity contribution is -0.384. The van der Waals surface area contributed by atoms with Crippen molar-refractivity contribution in [2.24, 2.45) is 5.10 Å². The summed E-state index contributed by atoms with van der Waals surface area (Å²) >= 11 is 6.11. The lowest BCUT2D eigenvalue weighted by atomic mass is 10.1. The maximum Gasteiger partial charge on any atom is 0.270 e. The average molecular weight is 501 g/mol. The van der Waals surface area contributed by atoms with Gasteiger partial charge in [0.1, 0.15) is 6.54 Å². The summed E-state index contributed by atoms with van der Waals surface area (Å²) in [6.45, 7) is 2.71. The van der Waals surface area contributed by atoms with Gasteiger partial charge in [0, 0.05) is 22.7 Å². The monoisotopic (exact) mass is 500 g/mol. The molecule has 0 saturated carbocycles. The van der Waals surface area contributed by atoms with Gasteiger partial charge in [0.25, 0.3) is 21.6 Å². The lowest BCUT2D eigenvalue weighted by Gasteiger charge is -2.25. The van der Waals surface area contributed by atoms with Crippen molar-refractivity contribution >= 4 is 44.6 Å². The van der Waals surface area contributed by atoms with E-state index < -0.39 is 27.4 Å². The standard InChI is InChI=1S/C23H21ClN4O5S/c1-16-11-12-19(24)14-22(16)27(34(32,33)21-9-4-3-5-10-21)15-23(29)26-25-17(2)18-7-6-8-20(13-18)28(30)31/h3-14H,15H2,1-2H3,(H,26,29)/b25-17-. The molecule has 11 heteroatoms. The zero-order valence-corrected chi connectivity index (χ0v) is 19.9. The van der Waals surface area contributed by atoms with E-state index in [1.807, 2.05) is 0 Å². The number of nitro groups is 1. The van der Waals surface area contributed by atoms with Gasteiger partial charge in [-0.15, -0.1) is 0 Å². The molecule has 0 atom stereocenters. The quantitative estimate of drug-likeness (QED) is 0.281. The van der Waals surface area contributed by atoms with Gasteiger partial charge in [-0.1, -0.05) is 48.0 Å². The Kier molecular flexibility index (Phi) is 7.64. The van der Waals surface area contributed by atoms with Gasteiger partial charge >= 0.3 is 0 Å². The van der Waals surface area contributed by atoms with E-state index in [2.05, 4.69) is 10.5 Å². The van der Waals surface area contributed by atoms with E-state index in [9.17, 15) is 23.3 Å². The Morgan fingerprint density at radius 1 is 1.09 bits per heavy atom. The predicted molar refractivity (Wildman–Crippen MR) is 131 cm³/mol. The van der Waals surface area contributed by atoms with Crippen LogP contribution in [0.5, 0.6) is 0 Å². The Morgan fingerprint density at radius 3 is 2.47 bits per heavy atom. The van der Waals surface area contributed by atoms with Crippen molar-refractivity contribution < 1.29 is 18.1 Å². The third-order valence-corrected chi connectivity index (χ3v) is 6.89. The molecule has 0 aliphatic heterocycles. The number of nitrogens with zero attached hydrogens (tertiary/aromatic N) is 3. The first-order chi connectivity index (χ1) is 16.1. The van der Waals surface area contributed by atoms with Crippen LogP contribution in [0.2, 0.25) is 5.02 Å². The number of aryl methyl sites for hydroxylation is 1. The first-order valence-electron chi connectivity index (χ1n) is 10.0. The van der Waals surface area contributed by atoms with Gasteiger partial charge in [-0.3, -0.25) is 19.2 Å². The highest BCUT2D eigenvalue weighted by Gasteiger charge is 2.28. The Balaban J connectivity index is 1.90. The molecule has 0 aliphatic carbocycles. The van der Waals surface area contributed by atoms with Crippen LogP contribution in [-0.4, -0.2) is 31.5 Å². The number of amides is 1. The second kappa shape index (κ2) is 10.4. The molecule has 3 aromatic carbocycles. The molecule has 0 aliphatic rings. The Morgan fingerprint density at radius 2 is 1.79 bits per heavy atom. The molecule has 0 radical (unpaired) electrons. The van der Waals surface area contributed by atoms with Crippen LogP contribution in [0.25, 0.3) is 0 Å². The van der Waals surface area contributed by atoms with Crippen LogP contribution < -0.4 is 9.73 Å². The highest BCUT2D eigenvalue weighted by molar-refractivity contribution is 7.92. The minimum absolute atomic E-state index is 0.0125. The molecule has 0 aromatic heterocycles. The third-order valence-electron chi connectivity index (χ3n) is 4.88. The summed E-state index contributed by atoms with van der Waals surface area (Å²) < 4.78 is 27.8. The van der Waals surface area contributed by atoms with Crippen LogP contribution in [0.1, 0.15) is 18.1 Å². The van der Waals surface area contributed by atoms with Gasteiger partial charge < -0.3 is 0 Å². The fourth-order valence-corrected chi connectivity index (χ4v) is 4.76. The average Bonchev–Trinajstić information content (AvgIpc) is 2.83. The molecule has 0 bridgehead atoms. The summed E-state index contributed by atoms with van der Waals surface area (Å²) in [4.78, 5) is 23.2. The van der Waals surface area contributed by atoms with E-state index in [1.165, 1.54) is 36.4 Å². The van der Waals surface area contributed by atoms with E-state index in [0.29, 0.717) is 21.9 Å². The minimum Gasteiger partial charge on any atom is -0.271 e. The molecule has 3 aromatic rings. The largest absolute Gasteiger partial charge is 0.271 e. The van der Waals surface area contributed by atoms with E-state index in [-0.39, 0.29) is 16.3 Å². The third kappa shape index (κ3) is 5.77. The Hall–Kier alpha value is -3.76. The number of anilines is 1. The van der Waals surface area contributed by atoms with Gasteiger partial charge in [-0.05, 0) is 43.7 Å². The van der Waals surface area contributed by atoms with Gasteiger partial charge in [0.15, 0.2) is 0 Å². The number of rotatable bonds is 8. The maximum absolute atomic E-state index is 13.4. The predicted octanol–water partition coefficient (Wildman–Crippen LogP) is 4.29. The molecule has 0 fully saturated rings. The number of halogens is 1. The fourth-order valence-electron chi connectivity index (χ4n) is 3.09. The summed E-state index contributed by atoms with van der Waals surface area (Å²) in [5, 5.41) is 15.3. The normalized spacial score (nSPS) is 11.7. The second-order valence-corrected chi connectivity index (χ2v) is 9.59. The molecule has 0 unspecified atom stereocenters. The molecule has 176 valence electrons. The topological polar surface area (TPSA) is 122 Å². The molecular weight excluding hydrogens is 480 g/mol. The minimum atomic E-state index is -4.10. The zero-order chi connectivity index (χ0) is 24.9. The molecule has 0 heterocycles. The van der Waals surface area contributed by atoms with Crippen LogP contribution in [0.15, 0.2) is 82.8 Å². The molecule has 34 heavy (non-hydrogen) atoms. The summed E-state index contributed by atoms with van der Waals surface area (Å²) in [7, 11) is -4.10. The van der Waals surface area contributed by atoms with Crippen LogP contribution in [0, 0.1) is 17.0 Å². The highest BCUT2D eigenvalue weighted by atomic mass is 35.5. The maximum atomic E-state index is 13.4. The summed E-state index contributed by atoms with van der Waals surface area (Å²) in [5.41, 5.74) is 3.82. The summed E-state index contributed by atoms with van der Waals surface area (Å²) in [6, 6.07) is 18.3. The fraction of sp³-hybridized carbons (Fsp3) is 0.130. The van der Waals surface area contributed by atoms with E-state index >= 15 is 0 Å². The van der Waals surface area contributed by atoms with Crippen LogP contribution in [0.4, 0.5) is 11.4 Å². The van der Waals surface area contributed by atoms with Crippen molar-refractivity contribution in [2.45, 2.75) is 18.7 Å². The van der Waals surface area contributed by atoms with Crippen molar-refractivity contribution in [1.29, 1.82) is 0 Å². The van der Waals surface area contributed by atoms with E-state index in [1.54, 1.807) is 50.2 Å². The molecular formula is C23H21ClN4O5S. The number of nitrogens with one attached hydrogen (secondary N) is 1. The van der Waals surface area contributed by atoms with Crippen molar-refractivity contribution in [1.82, 2.24) is 5.43 Å². The number of carbonyl (C=O) groups excluding carboxylic acids is 1. The second-order valence-electron chi connectivity index (χ2n) is 7.30. The number of sulfonamides is 1. The number of nitro benzene ring substituents is 1. The van der Waals surface area contributed by atoms with Crippen LogP contribution in [0.3, 0.4) is 0 Å². The molecule has 1 amide bonds. The highest BCUT2D eigenvalue weighted by Crippen LogP contribution is 2.29.